The maximum Gasteiger partial charge on any atom is 0.251 e. The first-order valence-corrected chi connectivity index (χ1v) is 10.00. The minimum absolute atomic E-state index is 0.0748. The number of aryl methyl sites for hydroxylation is 1. The molecule has 0 saturated carbocycles. The standard InChI is InChI=1S/C25H25NO4/c1-17-3-8-20(9-4-17)25(27)26-21(13-18-5-10-22(28-2)11-6-18)14-19-7-12-23-24(15-19)30-16-29-23/h3-12,15,21H,13-14,16H2,1-2H3,(H,26,27)/t21-/m1/s1. The van der Waals surface area contributed by atoms with E-state index in [1.54, 1.807) is 7.11 Å². The Labute approximate surface area is 176 Å². The lowest BCUT2D eigenvalue weighted by Gasteiger charge is -2.20. The van der Waals surface area contributed by atoms with Gasteiger partial charge in [0.1, 0.15) is 5.75 Å². The molecule has 3 aromatic carbocycles. The van der Waals surface area contributed by atoms with E-state index in [1.807, 2.05) is 73.7 Å². The Bertz CT molecular complexity index is 1010. The molecule has 0 spiro atoms. The highest BCUT2D eigenvalue weighted by Crippen LogP contribution is 2.33. The fourth-order valence-electron chi connectivity index (χ4n) is 3.55. The number of nitrogens with one attached hydrogen (secondary N) is 1. The summed E-state index contributed by atoms with van der Waals surface area (Å²) in [7, 11) is 1.65. The second kappa shape index (κ2) is 8.91. The predicted molar refractivity (Wildman–Crippen MR) is 115 cm³/mol. The summed E-state index contributed by atoms with van der Waals surface area (Å²) in [6, 6.07) is 21.4. The maximum absolute atomic E-state index is 12.9. The number of methoxy groups -OCH3 is 1. The van der Waals surface area contributed by atoms with Crippen LogP contribution in [0.3, 0.4) is 0 Å². The zero-order chi connectivity index (χ0) is 20.9. The molecule has 0 saturated heterocycles. The van der Waals surface area contributed by atoms with Crippen LogP contribution in [0.25, 0.3) is 0 Å². The Kier molecular flexibility index (Phi) is 5.89. The molecule has 0 radical (unpaired) electrons. The lowest BCUT2D eigenvalue weighted by Crippen LogP contribution is -2.38. The molecule has 0 aromatic heterocycles. The molecule has 154 valence electrons. The van der Waals surface area contributed by atoms with Crippen LogP contribution < -0.4 is 19.5 Å². The molecule has 1 amide bonds. The lowest BCUT2D eigenvalue weighted by atomic mass is 9.98. The SMILES string of the molecule is COc1ccc(C[C@H](Cc2ccc3c(c2)OCO3)NC(=O)c2ccc(C)cc2)cc1. The Balaban J connectivity index is 1.53. The van der Waals surface area contributed by atoms with Crippen molar-refractivity contribution in [3.8, 4) is 17.2 Å². The van der Waals surface area contributed by atoms with Crippen molar-refractivity contribution in [2.24, 2.45) is 0 Å². The van der Waals surface area contributed by atoms with Gasteiger partial charge >= 0.3 is 0 Å². The van der Waals surface area contributed by atoms with E-state index < -0.39 is 0 Å². The summed E-state index contributed by atoms with van der Waals surface area (Å²) in [5.41, 5.74) is 4.00. The van der Waals surface area contributed by atoms with E-state index in [1.165, 1.54) is 0 Å². The molecule has 0 bridgehead atoms. The predicted octanol–water partition coefficient (Wildman–Crippen LogP) is 4.32. The number of amides is 1. The van der Waals surface area contributed by atoms with Gasteiger partial charge in [-0.05, 0) is 67.3 Å². The molecule has 30 heavy (non-hydrogen) atoms. The van der Waals surface area contributed by atoms with Crippen molar-refractivity contribution in [2.75, 3.05) is 13.9 Å². The monoisotopic (exact) mass is 403 g/mol. The molecular weight excluding hydrogens is 378 g/mol. The number of hydrogen-bond donors (Lipinski definition) is 1. The molecule has 1 aliphatic heterocycles. The van der Waals surface area contributed by atoms with Crippen LogP contribution in [0.4, 0.5) is 0 Å². The van der Waals surface area contributed by atoms with Crippen LogP contribution in [0.15, 0.2) is 66.7 Å². The fraction of sp³-hybridized carbons (Fsp3) is 0.240. The summed E-state index contributed by atoms with van der Waals surface area (Å²) in [4.78, 5) is 12.9. The fourth-order valence-corrected chi connectivity index (χ4v) is 3.55. The minimum atomic E-state index is -0.0763. The first-order valence-electron chi connectivity index (χ1n) is 10.00. The largest absolute Gasteiger partial charge is 0.497 e. The van der Waals surface area contributed by atoms with Crippen LogP contribution in [-0.4, -0.2) is 25.9 Å². The first-order chi connectivity index (χ1) is 14.6. The molecule has 0 aliphatic carbocycles. The van der Waals surface area contributed by atoms with Crippen molar-refractivity contribution >= 4 is 5.91 Å². The zero-order valence-electron chi connectivity index (χ0n) is 17.2. The third-order valence-corrected chi connectivity index (χ3v) is 5.21. The van der Waals surface area contributed by atoms with Gasteiger partial charge in [0.05, 0.1) is 7.11 Å². The van der Waals surface area contributed by atoms with Gasteiger partial charge in [-0.2, -0.15) is 0 Å². The Morgan fingerprint density at radius 2 is 1.60 bits per heavy atom. The lowest BCUT2D eigenvalue weighted by molar-refractivity contribution is 0.0936. The number of carbonyl (C=O) groups is 1. The molecule has 1 N–H and O–H groups in total. The average Bonchev–Trinajstić information content (AvgIpc) is 3.22. The molecule has 0 fully saturated rings. The number of rotatable bonds is 7. The second-order valence-electron chi connectivity index (χ2n) is 7.48. The number of fused-ring (bicyclic) bond motifs is 1. The van der Waals surface area contributed by atoms with E-state index in [0.29, 0.717) is 18.4 Å². The molecule has 1 atom stereocenters. The van der Waals surface area contributed by atoms with E-state index >= 15 is 0 Å². The molecule has 4 rings (SSSR count). The van der Waals surface area contributed by atoms with Gasteiger partial charge in [-0.15, -0.1) is 0 Å². The summed E-state index contributed by atoms with van der Waals surface area (Å²) in [5.74, 6) is 2.25. The van der Waals surface area contributed by atoms with Crippen molar-refractivity contribution < 1.29 is 19.0 Å². The van der Waals surface area contributed by atoms with E-state index in [0.717, 1.165) is 33.9 Å². The summed E-state index contributed by atoms with van der Waals surface area (Å²) in [6.45, 7) is 2.26. The van der Waals surface area contributed by atoms with Crippen LogP contribution in [-0.2, 0) is 12.8 Å². The Morgan fingerprint density at radius 1 is 0.933 bits per heavy atom. The number of benzene rings is 3. The van der Waals surface area contributed by atoms with Gasteiger partial charge in [0.25, 0.3) is 5.91 Å². The Hall–Kier alpha value is -3.47. The molecule has 1 heterocycles. The highest BCUT2D eigenvalue weighted by atomic mass is 16.7. The van der Waals surface area contributed by atoms with Crippen LogP contribution in [0.1, 0.15) is 27.0 Å². The smallest absolute Gasteiger partial charge is 0.251 e. The zero-order valence-corrected chi connectivity index (χ0v) is 17.2. The van der Waals surface area contributed by atoms with Crippen molar-refractivity contribution in [2.45, 2.75) is 25.8 Å². The normalized spacial score (nSPS) is 13.0. The second-order valence-corrected chi connectivity index (χ2v) is 7.48. The Morgan fingerprint density at radius 3 is 2.33 bits per heavy atom. The number of hydrogen-bond acceptors (Lipinski definition) is 4. The van der Waals surface area contributed by atoms with Gasteiger partial charge in [-0.1, -0.05) is 35.9 Å². The molecular formula is C25H25NO4. The van der Waals surface area contributed by atoms with E-state index in [2.05, 4.69) is 5.32 Å². The van der Waals surface area contributed by atoms with E-state index in [-0.39, 0.29) is 18.7 Å². The van der Waals surface area contributed by atoms with Crippen LogP contribution in [0.2, 0.25) is 0 Å². The van der Waals surface area contributed by atoms with E-state index in [9.17, 15) is 4.79 Å². The van der Waals surface area contributed by atoms with E-state index in [4.69, 9.17) is 14.2 Å². The summed E-state index contributed by atoms with van der Waals surface area (Å²) in [5, 5.41) is 3.20. The average molecular weight is 403 g/mol. The van der Waals surface area contributed by atoms with Gasteiger partial charge in [0.15, 0.2) is 11.5 Å². The van der Waals surface area contributed by atoms with Crippen molar-refractivity contribution in [3.05, 3.63) is 89.0 Å². The first kappa shape index (κ1) is 19.8. The van der Waals surface area contributed by atoms with Crippen molar-refractivity contribution in [1.29, 1.82) is 0 Å². The quantitative estimate of drug-likeness (QED) is 0.639. The van der Waals surface area contributed by atoms with Crippen molar-refractivity contribution in [3.63, 3.8) is 0 Å². The summed E-state index contributed by atoms with van der Waals surface area (Å²) >= 11 is 0. The van der Waals surface area contributed by atoms with Crippen LogP contribution in [0, 0.1) is 6.92 Å². The molecule has 3 aromatic rings. The third-order valence-electron chi connectivity index (χ3n) is 5.21. The van der Waals surface area contributed by atoms with Gasteiger partial charge in [-0.3, -0.25) is 4.79 Å². The van der Waals surface area contributed by atoms with Crippen LogP contribution >= 0.6 is 0 Å². The maximum atomic E-state index is 12.9. The molecule has 0 unspecified atom stereocenters. The highest BCUT2D eigenvalue weighted by Gasteiger charge is 2.18. The molecule has 5 heteroatoms. The highest BCUT2D eigenvalue weighted by molar-refractivity contribution is 5.94. The van der Waals surface area contributed by atoms with Gasteiger partial charge in [0.2, 0.25) is 6.79 Å². The summed E-state index contributed by atoms with van der Waals surface area (Å²) < 4.78 is 16.2. The number of carbonyl (C=O) groups excluding carboxylic acids is 1. The third kappa shape index (κ3) is 4.74. The van der Waals surface area contributed by atoms with Gasteiger partial charge in [-0.25, -0.2) is 0 Å². The van der Waals surface area contributed by atoms with Gasteiger partial charge < -0.3 is 19.5 Å². The molecule has 5 nitrogen and oxygen atoms in total. The minimum Gasteiger partial charge on any atom is -0.497 e. The van der Waals surface area contributed by atoms with Gasteiger partial charge in [0, 0.05) is 11.6 Å². The molecule has 1 aliphatic rings. The summed E-state index contributed by atoms with van der Waals surface area (Å²) in [6.07, 6.45) is 1.39. The van der Waals surface area contributed by atoms with Crippen LogP contribution in [0.5, 0.6) is 17.2 Å². The number of ether oxygens (including phenoxy) is 3. The topological polar surface area (TPSA) is 56.8 Å². The van der Waals surface area contributed by atoms with Crippen molar-refractivity contribution in [1.82, 2.24) is 5.32 Å².